The van der Waals surface area contributed by atoms with Gasteiger partial charge >= 0.3 is 0 Å². The lowest BCUT2D eigenvalue weighted by Crippen LogP contribution is -2.42. The first-order valence-electron chi connectivity index (χ1n) is 13.0. The Hall–Kier alpha value is -4.14. The Balaban J connectivity index is 1.46. The number of anilines is 2. The first-order chi connectivity index (χ1) is 19.6. The van der Waals surface area contributed by atoms with Gasteiger partial charge in [-0.25, -0.2) is 0 Å². The molecule has 1 aliphatic carbocycles. The molecule has 41 heavy (non-hydrogen) atoms. The molecule has 2 heterocycles. The number of methoxy groups -OCH3 is 1. The van der Waals surface area contributed by atoms with E-state index in [-0.39, 0.29) is 34.3 Å². The van der Waals surface area contributed by atoms with Gasteiger partial charge in [-0.3, -0.25) is 14.5 Å². The van der Waals surface area contributed by atoms with E-state index in [9.17, 15) is 14.9 Å². The van der Waals surface area contributed by atoms with Crippen LogP contribution in [0.15, 0.2) is 75.5 Å². The zero-order valence-corrected chi connectivity index (χ0v) is 24.9. The molecule has 2 aliphatic rings. The molecular weight excluding hydrogens is 557 g/mol. The second-order valence-electron chi connectivity index (χ2n) is 10.8. The third-order valence-corrected chi connectivity index (χ3v) is 9.12. The van der Waals surface area contributed by atoms with Crippen LogP contribution in [0.5, 0.6) is 5.75 Å². The minimum absolute atomic E-state index is 0.0193. The number of amides is 1. The molecule has 1 amide bonds. The highest BCUT2D eigenvalue weighted by Gasteiger charge is 2.45. The number of ether oxygens (including phenoxy) is 1. The lowest BCUT2D eigenvalue weighted by atomic mass is 9.68. The van der Waals surface area contributed by atoms with Gasteiger partial charge in [-0.1, -0.05) is 66.8 Å². The molecule has 0 bridgehead atoms. The maximum Gasteiger partial charge on any atom is 0.234 e. The fourth-order valence-corrected chi connectivity index (χ4v) is 6.85. The second-order valence-corrected chi connectivity index (χ2v) is 13.0. The summed E-state index contributed by atoms with van der Waals surface area (Å²) >= 11 is 2.53. The molecule has 3 aromatic rings. The summed E-state index contributed by atoms with van der Waals surface area (Å²) in [5.41, 5.74) is 10.6. The molecule has 9 nitrogen and oxygen atoms in total. The summed E-state index contributed by atoms with van der Waals surface area (Å²) in [6.45, 7) is 6.08. The number of benzene rings is 2. The van der Waals surface area contributed by atoms with Crippen LogP contribution in [-0.2, 0) is 9.59 Å². The molecule has 0 saturated heterocycles. The summed E-state index contributed by atoms with van der Waals surface area (Å²) in [4.78, 5) is 27.9. The molecule has 1 aliphatic heterocycles. The van der Waals surface area contributed by atoms with E-state index in [0.717, 1.165) is 22.5 Å². The molecule has 0 radical (unpaired) electrons. The highest BCUT2D eigenvalue weighted by molar-refractivity contribution is 8.01. The largest absolute Gasteiger partial charge is 0.497 e. The van der Waals surface area contributed by atoms with Crippen molar-refractivity contribution in [1.82, 2.24) is 10.2 Å². The minimum Gasteiger partial charge on any atom is -0.497 e. The van der Waals surface area contributed by atoms with Crippen LogP contribution in [0.1, 0.15) is 43.7 Å². The first-order valence-corrected chi connectivity index (χ1v) is 14.8. The number of carbonyl (C=O) groups excluding carboxylic acids is 2. The van der Waals surface area contributed by atoms with Crippen molar-refractivity contribution in [2.24, 2.45) is 11.1 Å². The van der Waals surface area contributed by atoms with Crippen LogP contribution in [-0.4, -0.2) is 34.8 Å². The molecule has 2 aromatic carbocycles. The number of Topliss-reactive ketones (excluding diaryl/α,β-unsaturated/α-hetero) is 1. The molecule has 1 unspecified atom stereocenters. The molecule has 11 heteroatoms. The lowest BCUT2D eigenvalue weighted by Gasteiger charge is -2.42. The topological polar surface area (TPSA) is 134 Å². The van der Waals surface area contributed by atoms with Gasteiger partial charge in [0, 0.05) is 23.4 Å². The fraction of sp³-hybridized carbons (Fsp3) is 0.300. The predicted octanol–water partition coefficient (Wildman–Crippen LogP) is 5.53. The fourth-order valence-electron chi connectivity index (χ4n) is 5.17. The number of carbonyl (C=O) groups is 2. The molecule has 1 atom stereocenters. The Morgan fingerprint density at radius 3 is 2.56 bits per heavy atom. The van der Waals surface area contributed by atoms with E-state index in [2.05, 4.69) is 21.6 Å². The summed E-state index contributed by atoms with van der Waals surface area (Å²) in [6.07, 6.45) is 0.930. The van der Waals surface area contributed by atoms with E-state index in [1.807, 2.05) is 69.3 Å². The van der Waals surface area contributed by atoms with Gasteiger partial charge in [-0.15, -0.1) is 10.2 Å². The van der Waals surface area contributed by atoms with Crippen molar-refractivity contribution < 1.29 is 14.3 Å². The zero-order valence-electron chi connectivity index (χ0n) is 23.2. The van der Waals surface area contributed by atoms with Gasteiger partial charge in [0.15, 0.2) is 10.1 Å². The van der Waals surface area contributed by atoms with Crippen molar-refractivity contribution in [3.63, 3.8) is 0 Å². The van der Waals surface area contributed by atoms with Crippen LogP contribution >= 0.6 is 23.1 Å². The number of allylic oxidation sites excluding steroid dienone is 3. The van der Waals surface area contributed by atoms with E-state index in [1.165, 1.54) is 23.1 Å². The van der Waals surface area contributed by atoms with Crippen molar-refractivity contribution in [1.29, 1.82) is 5.26 Å². The number of nitrogens with two attached hydrogens (primary N) is 1. The molecule has 0 fully saturated rings. The maximum atomic E-state index is 13.7. The SMILES string of the molecule is COc1ccc(C2C(C#N)=C(N)N(c3nnc(SCC(=O)Nc4ccc(C)cc4)s3)C3=C2C(=O)CC(C)(C)C3)cc1. The van der Waals surface area contributed by atoms with Crippen molar-refractivity contribution in [3.8, 4) is 11.8 Å². The standard InChI is InChI=1S/C30H30N6O3S2/c1-17-5-9-19(10-6-17)33-24(38)16-40-29-35-34-28(41-29)36-22-13-30(2,3)14-23(37)26(22)25(21(15-31)27(36)32)18-7-11-20(39-4)12-8-18/h5-12,25H,13-14,16,32H2,1-4H3,(H,33,38). The smallest absolute Gasteiger partial charge is 0.234 e. The molecular formula is C30H30N6O3S2. The van der Waals surface area contributed by atoms with Gasteiger partial charge in [-0.05, 0) is 48.6 Å². The van der Waals surface area contributed by atoms with E-state index in [0.29, 0.717) is 33.6 Å². The first kappa shape index (κ1) is 28.4. The van der Waals surface area contributed by atoms with Crippen LogP contribution in [0, 0.1) is 23.7 Å². The highest BCUT2D eigenvalue weighted by atomic mass is 32.2. The minimum atomic E-state index is -0.590. The van der Waals surface area contributed by atoms with Crippen molar-refractivity contribution in [2.45, 2.75) is 43.9 Å². The van der Waals surface area contributed by atoms with Gasteiger partial charge in [0.25, 0.3) is 0 Å². The van der Waals surface area contributed by atoms with Crippen LogP contribution < -0.4 is 20.7 Å². The maximum absolute atomic E-state index is 13.7. The monoisotopic (exact) mass is 586 g/mol. The Morgan fingerprint density at radius 2 is 1.90 bits per heavy atom. The average Bonchev–Trinajstić information content (AvgIpc) is 3.40. The number of hydrogen-bond donors (Lipinski definition) is 2. The number of aryl methyl sites for hydroxylation is 1. The van der Waals surface area contributed by atoms with Gasteiger partial charge in [-0.2, -0.15) is 5.26 Å². The molecule has 210 valence electrons. The Labute approximate surface area is 247 Å². The van der Waals surface area contributed by atoms with Crippen LogP contribution in [0.4, 0.5) is 10.8 Å². The molecule has 5 rings (SSSR count). The highest BCUT2D eigenvalue weighted by Crippen LogP contribution is 2.50. The molecule has 0 spiro atoms. The van der Waals surface area contributed by atoms with E-state index in [4.69, 9.17) is 10.5 Å². The quantitative estimate of drug-likeness (QED) is 0.343. The third-order valence-electron chi connectivity index (χ3n) is 7.08. The predicted molar refractivity (Wildman–Crippen MR) is 161 cm³/mol. The summed E-state index contributed by atoms with van der Waals surface area (Å²) in [6, 6.07) is 17.2. The summed E-state index contributed by atoms with van der Waals surface area (Å²) in [5.74, 6) is 0.283. The Kier molecular flexibility index (Phi) is 7.89. The molecule has 1 aromatic heterocycles. The third kappa shape index (κ3) is 5.85. The number of ketones is 1. The van der Waals surface area contributed by atoms with E-state index >= 15 is 0 Å². The molecule has 0 saturated carbocycles. The number of nitriles is 1. The van der Waals surface area contributed by atoms with Crippen LogP contribution in [0.25, 0.3) is 0 Å². The van der Waals surface area contributed by atoms with Gasteiger partial charge in [0.05, 0.1) is 30.4 Å². The van der Waals surface area contributed by atoms with Crippen LogP contribution in [0.3, 0.4) is 0 Å². The second kappa shape index (κ2) is 11.4. The average molecular weight is 587 g/mol. The number of rotatable bonds is 7. The lowest BCUT2D eigenvalue weighted by molar-refractivity contribution is -0.118. The van der Waals surface area contributed by atoms with Gasteiger partial charge in [0.1, 0.15) is 11.6 Å². The van der Waals surface area contributed by atoms with E-state index < -0.39 is 5.92 Å². The number of thioether (sulfide) groups is 1. The molecule has 3 N–H and O–H groups in total. The van der Waals surface area contributed by atoms with Crippen molar-refractivity contribution in [2.75, 3.05) is 23.1 Å². The zero-order chi connectivity index (χ0) is 29.3. The van der Waals surface area contributed by atoms with Crippen LogP contribution in [0.2, 0.25) is 0 Å². The Bertz CT molecular complexity index is 1600. The normalized spacial score (nSPS) is 18.2. The van der Waals surface area contributed by atoms with Gasteiger partial charge in [0.2, 0.25) is 11.0 Å². The summed E-state index contributed by atoms with van der Waals surface area (Å²) in [7, 11) is 1.59. The number of hydrogen-bond acceptors (Lipinski definition) is 10. The Morgan fingerprint density at radius 1 is 1.20 bits per heavy atom. The number of nitrogens with zero attached hydrogens (tertiary/aromatic N) is 4. The number of nitrogens with one attached hydrogen (secondary N) is 1. The van der Waals surface area contributed by atoms with Gasteiger partial charge < -0.3 is 15.8 Å². The summed E-state index contributed by atoms with van der Waals surface area (Å²) < 4.78 is 5.88. The van der Waals surface area contributed by atoms with Crippen molar-refractivity contribution in [3.05, 3.63) is 82.3 Å². The van der Waals surface area contributed by atoms with E-state index in [1.54, 1.807) is 12.0 Å². The number of aromatic nitrogens is 2. The van der Waals surface area contributed by atoms with Crippen molar-refractivity contribution >= 4 is 45.6 Å². The summed E-state index contributed by atoms with van der Waals surface area (Å²) in [5, 5.41) is 22.3.